The van der Waals surface area contributed by atoms with Crippen LogP contribution in [0.3, 0.4) is 0 Å². The number of nitrogens with two attached hydrogens (primary N) is 1. The molecule has 0 spiro atoms. The molecule has 2 aromatic rings. The Hall–Kier alpha value is -2.31. The lowest BCUT2D eigenvalue weighted by Crippen LogP contribution is -2.51. The summed E-state index contributed by atoms with van der Waals surface area (Å²) in [6.45, 7) is 4.92. The molecule has 1 heterocycles. The van der Waals surface area contributed by atoms with Crippen LogP contribution in [0.4, 0.5) is 8.78 Å². The Kier molecular flexibility index (Phi) is 5.55. The molecule has 1 unspecified atom stereocenters. The first-order valence-corrected chi connectivity index (χ1v) is 9.43. The Morgan fingerprint density at radius 1 is 1.21 bits per heavy atom. The molecule has 1 fully saturated rings. The van der Waals surface area contributed by atoms with Crippen molar-refractivity contribution in [3.8, 4) is 11.1 Å². The number of carbonyl (C=O) groups is 1. The van der Waals surface area contributed by atoms with E-state index in [1.807, 2.05) is 0 Å². The van der Waals surface area contributed by atoms with Gasteiger partial charge in [0.1, 0.15) is 17.2 Å². The molecule has 1 aliphatic heterocycles. The fourth-order valence-electron chi connectivity index (χ4n) is 3.81. The highest BCUT2D eigenvalue weighted by atomic mass is 19.1. The number of nitrogens with zero attached hydrogens (tertiary/aromatic N) is 1. The molecule has 0 aromatic heterocycles. The highest BCUT2D eigenvalue weighted by molar-refractivity contribution is 5.84. The average Bonchev–Trinajstić information content (AvgIpc) is 2.98. The SMILES string of the molecule is Cc1c(F)cccc1-c1cccc(CC2[C@@H](N)CCN2C(=O)C(C)(C)O)c1F. The van der Waals surface area contributed by atoms with Gasteiger partial charge in [-0.1, -0.05) is 30.3 Å². The van der Waals surface area contributed by atoms with Gasteiger partial charge in [-0.15, -0.1) is 0 Å². The number of hydrogen-bond donors (Lipinski definition) is 2. The normalized spacial score (nSPS) is 19.9. The Labute approximate surface area is 164 Å². The van der Waals surface area contributed by atoms with E-state index in [9.17, 15) is 14.3 Å². The number of carbonyl (C=O) groups excluding carboxylic acids is 1. The molecule has 3 rings (SSSR count). The summed E-state index contributed by atoms with van der Waals surface area (Å²) in [5, 5.41) is 10.1. The molecule has 3 N–H and O–H groups in total. The van der Waals surface area contributed by atoms with E-state index in [0.717, 1.165) is 0 Å². The van der Waals surface area contributed by atoms with Crippen LogP contribution in [0.25, 0.3) is 11.1 Å². The second-order valence-electron chi connectivity index (χ2n) is 7.97. The van der Waals surface area contributed by atoms with E-state index in [-0.39, 0.29) is 18.3 Å². The van der Waals surface area contributed by atoms with Crippen LogP contribution in [0.1, 0.15) is 31.4 Å². The van der Waals surface area contributed by atoms with E-state index in [1.54, 1.807) is 42.2 Å². The molecule has 150 valence electrons. The summed E-state index contributed by atoms with van der Waals surface area (Å²) in [5.74, 6) is -1.24. The lowest BCUT2D eigenvalue weighted by atomic mass is 9.94. The van der Waals surface area contributed by atoms with Crippen molar-refractivity contribution in [1.29, 1.82) is 0 Å². The average molecular weight is 388 g/mol. The minimum Gasteiger partial charge on any atom is -0.381 e. The van der Waals surface area contributed by atoms with Gasteiger partial charge in [-0.3, -0.25) is 4.79 Å². The fraction of sp³-hybridized carbons (Fsp3) is 0.409. The van der Waals surface area contributed by atoms with Crippen molar-refractivity contribution < 1.29 is 18.7 Å². The van der Waals surface area contributed by atoms with Crippen LogP contribution in [0.5, 0.6) is 0 Å². The first kappa shape index (κ1) is 20.4. The zero-order valence-electron chi connectivity index (χ0n) is 16.4. The van der Waals surface area contributed by atoms with Crippen LogP contribution >= 0.6 is 0 Å². The number of benzene rings is 2. The number of rotatable bonds is 4. The van der Waals surface area contributed by atoms with E-state index in [4.69, 9.17) is 5.73 Å². The topological polar surface area (TPSA) is 66.6 Å². The van der Waals surface area contributed by atoms with Gasteiger partial charge in [-0.05, 0) is 56.4 Å². The van der Waals surface area contributed by atoms with Gasteiger partial charge in [0.15, 0.2) is 0 Å². The Balaban J connectivity index is 1.94. The Morgan fingerprint density at radius 3 is 2.54 bits per heavy atom. The smallest absolute Gasteiger partial charge is 0.254 e. The Morgan fingerprint density at radius 2 is 1.86 bits per heavy atom. The largest absolute Gasteiger partial charge is 0.381 e. The zero-order chi connectivity index (χ0) is 20.6. The highest BCUT2D eigenvalue weighted by Gasteiger charge is 2.40. The highest BCUT2D eigenvalue weighted by Crippen LogP contribution is 2.31. The summed E-state index contributed by atoms with van der Waals surface area (Å²) in [7, 11) is 0. The van der Waals surface area contributed by atoms with Crippen molar-refractivity contribution in [2.75, 3.05) is 6.54 Å². The van der Waals surface area contributed by atoms with Gasteiger partial charge < -0.3 is 15.7 Å². The summed E-state index contributed by atoms with van der Waals surface area (Å²) >= 11 is 0. The van der Waals surface area contributed by atoms with E-state index >= 15 is 4.39 Å². The van der Waals surface area contributed by atoms with E-state index in [2.05, 4.69) is 0 Å². The number of amides is 1. The monoisotopic (exact) mass is 388 g/mol. The molecule has 0 aliphatic carbocycles. The van der Waals surface area contributed by atoms with Gasteiger partial charge in [-0.25, -0.2) is 8.78 Å². The molecule has 0 saturated carbocycles. The molecule has 1 amide bonds. The molecule has 6 heteroatoms. The molecule has 1 saturated heterocycles. The van der Waals surface area contributed by atoms with Crippen LogP contribution in [0, 0.1) is 18.6 Å². The maximum Gasteiger partial charge on any atom is 0.254 e. The van der Waals surface area contributed by atoms with Crippen molar-refractivity contribution in [3.05, 3.63) is 59.2 Å². The quantitative estimate of drug-likeness (QED) is 0.845. The molecule has 2 atom stereocenters. The molecule has 1 aliphatic rings. The number of aliphatic hydroxyl groups is 1. The molecule has 2 aromatic carbocycles. The van der Waals surface area contributed by atoms with Gasteiger partial charge in [0.2, 0.25) is 0 Å². The van der Waals surface area contributed by atoms with Gasteiger partial charge >= 0.3 is 0 Å². The molecular formula is C22H26F2N2O2. The molecular weight excluding hydrogens is 362 g/mol. The van der Waals surface area contributed by atoms with Crippen LogP contribution in [-0.4, -0.2) is 40.1 Å². The number of halogens is 2. The second kappa shape index (κ2) is 7.60. The van der Waals surface area contributed by atoms with Gasteiger partial charge in [0, 0.05) is 18.2 Å². The van der Waals surface area contributed by atoms with Gasteiger partial charge in [0.05, 0.1) is 6.04 Å². The van der Waals surface area contributed by atoms with E-state index in [0.29, 0.717) is 35.2 Å². The lowest BCUT2D eigenvalue weighted by molar-refractivity contribution is -0.148. The third kappa shape index (κ3) is 3.80. The van der Waals surface area contributed by atoms with E-state index in [1.165, 1.54) is 19.9 Å². The minimum atomic E-state index is -1.51. The molecule has 28 heavy (non-hydrogen) atoms. The summed E-state index contributed by atoms with van der Waals surface area (Å²) in [6.07, 6.45) is 0.827. The summed E-state index contributed by atoms with van der Waals surface area (Å²) in [4.78, 5) is 14.1. The minimum absolute atomic E-state index is 0.233. The number of hydrogen-bond acceptors (Lipinski definition) is 3. The second-order valence-corrected chi connectivity index (χ2v) is 7.97. The van der Waals surface area contributed by atoms with Crippen molar-refractivity contribution in [2.45, 2.75) is 51.3 Å². The van der Waals surface area contributed by atoms with Crippen molar-refractivity contribution in [3.63, 3.8) is 0 Å². The molecule has 0 bridgehead atoms. The first-order chi connectivity index (χ1) is 13.1. The Bertz CT molecular complexity index is 893. The van der Waals surface area contributed by atoms with Crippen molar-refractivity contribution >= 4 is 5.91 Å². The molecule has 4 nitrogen and oxygen atoms in total. The van der Waals surface area contributed by atoms with Crippen LogP contribution in [-0.2, 0) is 11.2 Å². The summed E-state index contributed by atoms with van der Waals surface area (Å²) in [6, 6.07) is 8.88. The van der Waals surface area contributed by atoms with Crippen LogP contribution < -0.4 is 5.73 Å². The third-order valence-corrected chi connectivity index (χ3v) is 5.45. The standard InChI is InChI=1S/C22H26F2N2O2/c1-13-15(7-5-9-17(13)23)16-8-4-6-14(20(16)24)12-19-18(25)10-11-26(19)21(27)22(2,3)28/h4-9,18-19,28H,10-12,25H2,1-3H3/t18-,19?/m0/s1. The lowest BCUT2D eigenvalue weighted by Gasteiger charge is -2.31. The summed E-state index contributed by atoms with van der Waals surface area (Å²) in [5.41, 5.74) is 6.30. The van der Waals surface area contributed by atoms with Crippen LogP contribution in [0.15, 0.2) is 36.4 Å². The number of likely N-dealkylation sites (tertiary alicyclic amines) is 1. The maximum atomic E-state index is 15.3. The fourth-order valence-corrected chi connectivity index (χ4v) is 3.81. The first-order valence-electron chi connectivity index (χ1n) is 9.43. The van der Waals surface area contributed by atoms with Crippen molar-refractivity contribution in [1.82, 2.24) is 4.90 Å². The summed E-state index contributed by atoms with van der Waals surface area (Å²) < 4.78 is 29.2. The van der Waals surface area contributed by atoms with Gasteiger partial charge in [-0.2, -0.15) is 0 Å². The third-order valence-electron chi connectivity index (χ3n) is 5.45. The van der Waals surface area contributed by atoms with Crippen molar-refractivity contribution in [2.24, 2.45) is 5.73 Å². The van der Waals surface area contributed by atoms with Crippen LogP contribution in [0.2, 0.25) is 0 Å². The zero-order valence-corrected chi connectivity index (χ0v) is 16.4. The predicted octanol–water partition coefficient (Wildman–Crippen LogP) is 3.18. The van der Waals surface area contributed by atoms with Gasteiger partial charge in [0.25, 0.3) is 5.91 Å². The van der Waals surface area contributed by atoms with E-state index < -0.39 is 23.4 Å². The maximum absolute atomic E-state index is 15.3. The molecule has 0 radical (unpaired) electrons. The predicted molar refractivity (Wildman–Crippen MR) is 105 cm³/mol.